The summed E-state index contributed by atoms with van der Waals surface area (Å²) >= 11 is 1.58. The van der Waals surface area contributed by atoms with Gasteiger partial charge >= 0.3 is 0 Å². The van der Waals surface area contributed by atoms with Crippen LogP contribution in [0.4, 0.5) is 0 Å². The van der Waals surface area contributed by atoms with Crippen molar-refractivity contribution in [1.29, 1.82) is 0 Å². The molecule has 0 spiro atoms. The normalized spacial score (nSPS) is 10.9. The number of carbonyl (C=O) groups is 1. The molecule has 0 aliphatic rings. The largest absolute Gasteiger partial charge is 0.287 e. The molecule has 0 aliphatic carbocycles. The summed E-state index contributed by atoms with van der Waals surface area (Å²) in [6.45, 7) is 5.83. The number of fused-ring (bicyclic) bond motifs is 1. The van der Waals surface area contributed by atoms with E-state index >= 15 is 0 Å². The molecular weight excluding hydrogens is 306 g/mol. The Balaban J connectivity index is 2.14. The molecule has 0 aliphatic heterocycles. The minimum absolute atomic E-state index is 0.0912. The first-order chi connectivity index (χ1) is 11.2. The van der Waals surface area contributed by atoms with Crippen LogP contribution in [0.5, 0.6) is 0 Å². The predicted molar refractivity (Wildman–Crippen MR) is 93.3 cm³/mol. The van der Waals surface area contributed by atoms with Gasteiger partial charge in [-0.2, -0.15) is 0 Å². The highest BCUT2D eigenvalue weighted by atomic mass is 32.2. The fourth-order valence-electron chi connectivity index (χ4n) is 2.55. The number of carbonyl (C=O) groups excluding carboxylic acids is 1. The highest BCUT2D eigenvalue weighted by molar-refractivity contribution is 7.98. The summed E-state index contributed by atoms with van der Waals surface area (Å²) in [6.07, 6.45) is 6.36. The van der Waals surface area contributed by atoms with Gasteiger partial charge < -0.3 is 0 Å². The first-order valence-corrected chi connectivity index (χ1v) is 8.51. The topological polar surface area (TPSA) is 47.3 Å². The average Bonchev–Trinajstić information content (AvgIpc) is 3.01. The lowest BCUT2D eigenvalue weighted by atomic mass is 10.1. The lowest BCUT2D eigenvalue weighted by molar-refractivity contribution is 0.103. The van der Waals surface area contributed by atoms with Crippen molar-refractivity contribution in [1.82, 2.24) is 14.4 Å². The van der Waals surface area contributed by atoms with E-state index in [0.29, 0.717) is 17.0 Å². The van der Waals surface area contributed by atoms with Gasteiger partial charge in [-0.3, -0.25) is 9.20 Å². The minimum Gasteiger partial charge on any atom is -0.287 e. The van der Waals surface area contributed by atoms with E-state index < -0.39 is 0 Å². The Bertz CT molecular complexity index is 884. The standard InChI is InChI=1S/C18H17N3OS/c1-4-8-14-12(2)21-11-15(19-18(21)20-17(14)23-3)16(22)13-9-6-5-7-10-13/h4-7,9-11H,1,8H2,2-3H3. The third-order valence-corrected chi connectivity index (χ3v) is 4.48. The molecular formula is C18H17N3OS. The van der Waals surface area contributed by atoms with Gasteiger partial charge in [-0.25, -0.2) is 9.97 Å². The summed E-state index contributed by atoms with van der Waals surface area (Å²) in [5, 5.41) is 0.930. The Hall–Kier alpha value is -2.40. The van der Waals surface area contributed by atoms with Crippen LogP contribution in [0.1, 0.15) is 27.3 Å². The lowest BCUT2D eigenvalue weighted by Gasteiger charge is -2.10. The number of aryl methyl sites for hydroxylation is 1. The molecule has 3 rings (SSSR count). The van der Waals surface area contributed by atoms with Crippen molar-refractivity contribution in [3.05, 3.63) is 71.7 Å². The number of hydrogen-bond acceptors (Lipinski definition) is 4. The van der Waals surface area contributed by atoms with Gasteiger partial charge in [0, 0.05) is 23.0 Å². The second kappa shape index (κ2) is 6.38. The van der Waals surface area contributed by atoms with Gasteiger partial charge in [0.2, 0.25) is 11.6 Å². The fourth-order valence-corrected chi connectivity index (χ4v) is 3.20. The molecule has 2 heterocycles. The smallest absolute Gasteiger partial charge is 0.235 e. The molecule has 0 N–H and O–H groups in total. The van der Waals surface area contributed by atoms with Crippen LogP contribution in [0.2, 0.25) is 0 Å². The van der Waals surface area contributed by atoms with Crippen molar-refractivity contribution >= 4 is 23.3 Å². The number of aromatic nitrogens is 3. The van der Waals surface area contributed by atoms with Crippen molar-refractivity contribution < 1.29 is 4.79 Å². The third kappa shape index (κ3) is 2.80. The molecule has 2 aromatic heterocycles. The number of nitrogens with zero attached hydrogens (tertiary/aromatic N) is 3. The first kappa shape index (κ1) is 15.5. The highest BCUT2D eigenvalue weighted by Gasteiger charge is 2.17. The van der Waals surface area contributed by atoms with Gasteiger partial charge in [0.25, 0.3) is 0 Å². The molecule has 0 fully saturated rings. The second-order valence-electron chi connectivity index (χ2n) is 5.17. The summed E-state index contributed by atoms with van der Waals surface area (Å²) in [4.78, 5) is 21.6. The number of imidazole rings is 1. The van der Waals surface area contributed by atoms with Crippen LogP contribution in [-0.2, 0) is 6.42 Å². The zero-order valence-electron chi connectivity index (χ0n) is 13.1. The maximum atomic E-state index is 12.6. The number of benzene rings is 1. The molecule has 0 unspecified atom stereocenters. The van der Waals surface area contributed by atoms with Gasteiger partial charge in [0.15, 0.2) is 0 Å². The van der Waals surface area contributed by atoms with Crippen molar-refractivity contribution in [3.8, 4) is 0 Å². The number of hydrogen-bond donors (Lipinski definition) is 0. The fraction of sp³-hybridized carbons (Fsp3) is 0.167. The van der Waals surface area contributed by atoms with E-state index in [-0.39, 0.29) is 5.78 Å². The minimum atomic E-state index is -0.0912. The summed E-state index contributed by atoms with van der Waals surface area (Å²) in [5.41, 5.74) is 3.20. The Kier molecular flexibility index (Phi) is 4.30. The molecule has 23 heavy (non-hydrogen) atoms. The maximum absolute atomic E-state index is 12.6. The van der Waals surface area contributed by atoms with Crippen molar-refractivity contribution in [2.24, 2.45) is 0 Å². The van der Waals surface area contributed by atoms with Gasteiger partial charge in [0.1, 0.15) is 10.7 Å². The number of thioether (sulfide) groups is 1. The zero-order chi connectivity index (χ0) is 16.4. The average molecular weight is 323 g/mol. The Morgan fingerprint density at radius 3 is 2.70 bits per heavy atom. The van der Waals surface area contributed by atoms with Gasteiger partial charge in [-0.1, -0.05) is 36.4 Å². The van der Waals surface area contributed by atoms with E-state index in [1.807, 2.05) is 41.9 Å². The molecule has 3 aromatic rings. The summed E-state index contributed by atoms with van der Waals surface area (Å²) in [6, 6.07) is 9.17. The molecule has 0 saturated heterocycles. The van der Waals surface area contributed by atoms with Crippen molar-refractivity contribution in [2.45, 2.75) is 18.4 Å². The Labute approximate surface area is 139 Å². The first-order valence-electron chi connectivity index (χ1n) is 7.29. The van der Waals surface area contributed by atoms with Gasteiger partial charge in [-0.05, 0) is 19.6 Å². The Morgan fingerprint density at radius 2 is 2.04 bits per heavy atom. The van der Waals surface area contributed by atoms with E-state index in [2.05, 4.69) is 16.5 Å². The van der Waals surface area contributed by atoms with E-state index in [9.17, 15) is 4.79 Å². The molecule has 1 aromatic carbocycles. The molecule has 0 atom stereocenters. The van der Waals surface area contributed by atoms with E-state index in [1.54, 1.807) is 30.1 Å². The van der Waals surface area contributed by atoms with Crippen LogP contribution in [0.15, 0.2) is 54.2 Å². The second-order valence-corrected chi connectivity index (χ2v) is 5.96. The van der Waals surface area contributed by atoms with E-state index in [0.717, 1.165) is 22.7 Å². The van der Waals surface area contributed by atoms with Gasteiger partial charge in [-0.15, -0.1) is 18.3 Å². The number of allylic oxidation sites excluding steroid dienone is 1. The maximum Gasteiger partial charge on any atom is 0.235 e. The van der Waals surface area contributed by atoms with E-state index in [4.69, 9.17) is 0 Å². The summed E-state index contributed by atoms with van der Waals surface area (Å²) in [5.74, 6) is 0.463. The molecule has 0 radical (unpaired) electrons. The predicted octanol–water partition coefficient (Wildman–Crippen LogP) is 3.72. The van der Waals surface area contributed by atoms with Crippen LogP contribution in [0.3, 0.4) is 0 Å². The van der Waals surface area contributed by atoms with Gasteiger partial charge in [0.05, 0.1) is 0 Å². The van der Waals surface area contributed by atoms with E-state index in [1.165, 1.54) is 0 Å². The van der Waals surface area contributed by atoms with Crippen molar-refractivity contribution in [2.75, 3.05) is 6.26 Å². The van der Waals surface area contributed by atoms with Crippen LogP contribution in [0, 0.1) is 6.92 Å². The van der Waals surface area contributed by atoms with Crippen LogP contribution in [0.25, 0.3) is 5.78 Å². The molecule has 116 valence electrons. The Morgan fingerprint density at radius 1 is 1.30 bits per heavy atom. The molecule has 0 bridgehead atoms. The molecule has 4 nitrogen and oxygen atoms in total. The third-order valence-electron chi connectivity index (χ3n) is 3.76. The molecule has 0 amide bonds. The van der Waals surface area contributed by atoms with Crippen LogP contribution in [-0.4, -0.2) is 26.4 Å². The number of rotatable bonds is 5. The summed E-state index contributed by atoms with van der Waals surface area (Å²) in [7, 11) is 0. The molecule has 5 heteroatoms. The molecule has 0 saturated carbocycles. The van der Waals surface area contributed by atoms with Crippen LogP contribution >= 0.6 is 11.8 Å². The monoisotopic (exact) mass is 323 g/mol. The lowest BCUT2D eigenvalue weighted by Crippen LogP contribution is -2.02. The summed E-state index contributed by atoms with van der Waals surface area (Å²) < 4.78 is 1.88. The van der Waals surface area contributed by atoms with Crippen LogP contribution < -0.4 is 0 Å². The number of ketones is 1. The van der Waals surface area contributed by atoms with Crippen molar-refractivity contribution in [3.63, 3.8) is 0 Å². The highest BCUT2D eigenvalue weighted by Crippen LogP contribution is 2.24. The SMILES string of the molecule is C=CCc1c(SC)nc2nc(C(=O)c3ccccc3)cn2c1C. The zero-order valence-corrected chi connectivity index (χ0v) is 13.9. The quantitative estimate of drug-likeness (QED) is 0.311.